The summed E-state index contributed by atoms with van der Waals surface area (Å²) in [6.07, 6.45) is 17.0. The van der Waals surface area contributed by atoms with E-state index in [4.69, 9.17) is 24.9 Å². The molecule has 0 aliphatic heterocycles. The van der Waals surface area contributed by atoms with Crippen molar-refractivity contribution in [3.05, 3.63) is 365 Å². The molecule has 0 amide bonds. The lowest BCUT2D eigenvalue weighted by atomic mass is 9.86. The van der Waals surface area contributed by atoms with Crippen LogP contribution in [0.25, 0.3) is 199 Å². The van der Waals surface area contributed by atoms with Crippen molar-refractivity contribution in [3.8, 4) is 101 Å². The van der Waals surface area contributed by atoms with Crippen molar-refractivity contribution in [2.45, 2.75) is 0 Å². The maximum Gasteiger partial charge on any atom is 0.137 e. The summed E-state index contributed by atoms with van der Waals surface area (Å²) in [5.74, 6) is 1.69. The second-order valence-corrected chi connectivity index (χ2v) is 26.6. The third-order valence-corrected chi connectivity index (χ3v) is 20.6. The van der Waals surface area contributed by atoms with Gasteiger partial charge < -0.3 is 0 Å². The van der Waals surface area contributed by atoms with E-state index < -0.39 is 0 Å². The van der Waals surface area contributed by atoms with E-state index in [2.05, 4.69) is 309 Å². The van der Waals surface area contributed by atoms with Crippen molar-refractivity contribution in [2.75, 3.05) is 0 Å². The normalized spacial score (nSPS) is 11.6. The predicted molar refractivity (Wildman–Crippen MR) is 435 cm³/mol. The third-order valence-electron chi connectivity index (χ3n) is 20.6. The molecule has 0 bridgehead atoms. The molecule has 0 spiro atoms. The molecule has 10 nitrogen and oxygen atoms in total. The molecule has 21 aromatic rings. The summed E-state index contributed by atoms with van der Waals surface area (Å²) in [6, 6.07) is 109. The zero-order valence-corrected chi connectivity index (χ0v) is 57.1. The molecule has 10 aromatic heterocycles. The number of nitrogens with zero attached hydrogens (tertiary/aromatic N) is 10. The minimum absolute atomic E-state index is 0.808. The Labute approximate surface area is 609 Å². The molecule has 10 heteroatoms. The van der Waals surface area contributed by atoms with Crippen LogP contribution in [0.1, 0.15) is 0 Å². The summed E-state index contributed by atoms with van der Waals surface area (Å²) in [5, 5.41) is 16.4. The summed E-state index contributed by atoms with van der Waals surface area (Å²) >= 11 is 0. The van der Waals surface area contributed by atoms with Crippen LogP contribution in [0.15, 0.2) is 365 Å². The molecular formula is C96H60N10. The lowest BCUT2D eigenvalue weighted by molar-refractivity contribution is 1.08. The van der Waals surface area contributed by atoms with Crippen LogP contribution in [0, 0.1) is 0 Å². The Morgan fingerprint density at radius 2 is 0.632 bits per heavy atom. The van der Waals surface area contributed by atoms with Crippen molar-refractivity contribution < 1.29 is 0 Å². The van der Waals surface area contributed by atoms with Crippen molar-refractivity contribution >= 4 is 97.5 Å². The Bertz CT molecular complexity index is 6780. The molecule has 0 saturated carbocycles. The van der Waals surface area contributed by atoms with E-state index in [9.17, 15) is 0 Å². The van der Waals surface area contributed by atoms with Gasteiger partial charge in [-0.3, -0.25) is 29.1 Å². The van der Waals surface area contributed by atoms with Gasteiger partial charge >= 0.3 is 0 Å². The molecule has 0 fully saturated rings. The van der Waals surface area contributed by atoms with Gasteiger partial charge in [-0.2, -0.15) is 0 Å². The molecule has 106 heavy (non-hydrogen) atoms. The molecule has 0 aliphatic rings. The van der Waals surface area contributed by atoms with Gasteiger partial charge in [0.2, 0.25) is 0 Å². The first-order valence-electron chi connectivity index (χ1n) is 35.5. The van der Waals surface area contributed by atoms with Crippen molar-refractivity contribution in [1.29, 1.82) is 0 Å². The van der Waals surface area contributed by atoms with E-state index in [-0.39, 0.29) is 0 Å². The van der Waals surface area contributed by atoms with Crippen LogP contribution >= 0.6 is 0 Å². The fourth-order valence-electron chi connectivity index (χ4n) is 15.8. The lowest BCUT2D eigenvalue weighted by Gasteiger charge is -2.18. The summed E-state index contributed by atoms with van der Waals surface area (Å²) in [5.41, 5.74) is 20.6. The first-order chi connectivity index (χ1) is 52.6. The first kappa shape index (κ1) is 61.4. The van der Waals surface area contributed by atoms with Crippen LogP contribution in [0.5, 0.6) is 0 Å². The van der Waals surface area contributed by atoms with Gasteiger partial charge in [-0.05, 0) is 190 Å². The Balaban J connectivity index is 0.000000141. The average Bonchev–Trinajstić information content (AvgIpc) is 1.13. The lowest BCUT2D eigenvalue weighted by Crippen LogP contribution is -1.98. The number of hydrogen-bond donors (Lipinski definition) is 0. The molecule has 0 unspecified atom stereocenters. The molecule has 0 aliphatic carbocycles. The van der Waals surface area contributed by atoms with E-state index in [1.54, 1.807) is 6.20 Å². The summed E-state index contributed by atoms with van der Waals surface area (Å²) in [4.78, 5) is 38.9. The average molecular weight is 1350 g/mol. The number of rotatable bonds is 10. The van der Waals surface area contributed by atoms with E-state index >= 15 is 0 Å². The van der Waals surface area contributed by atoms with Crippen LogP contribution in [0.4, 0.5) is 0 Å². The Hall–Kier alpha value is -14.5. The molecule has 10 heterocycles. The Morgan fingerprint density at radius 1 is 0.189 bits per heavy atom. The predicted octanol–water partition coefficient (Wildman–Crippen LogP) is 23.8. The second-order valence-electron chi connectivity index (χ2n) is 26.6. The van der Waals surface area contributed by atoms with E-state index in [0.29, 0.717) is 0 Å². The number of pyridine rings is 8. The van der Waals surface area contributed by atoms with Crippen molar-refractivity contribution in [2.24, 2.45) is 0 Å². The Kier molecular flexibility index (Phi) is 15.0. The topological polar surface area (TPSA) is 113 Å². The molecular weight excluding hydrogens is 1290 g/mol. The van der Waals surface area contributed by atoms with Crippen molar-refractivity contribution in [3.63, 3.8) is 0 Å². The number of benzene rings is 11. The van der Waals surface area contributed by atoms with Gasteiger partial charge in [-0.1, -0.05) is 206 Å². The molecule has 494 valence electrons. The van der Waals surface area contributed by atoms with Crippen LogP contribution in [-0.2, 0) is 0 Å². The fourth-order valence-corrected chi connectivity index (χ4v) is 15.8. The van der Waals surface area contributed by atoms with Gasteiger partial charge in [0.05, 0.1) is 56.7 Å². The number of fused-ring (bicyclic) bond motifs is 11. The van der Waals surface area contributed by atoms with Gasteiger partial charge in [0, 0.05) is 98.9 Å². The molecule has 0 atom stereocenters. The highest BCUT2D eigenvalue weighted by Crippen LogP contribution is 2.47. The number of para-hydroxylation sites is 2. The van der Waals surface area contributed by atoms with Gasteiger partial charge in [0.15, 0.2) is 0 Å². The highest BCUT2D eigenvalue weighted by Gasteiger charge is 2.23. The van der Waals surface area contributed by atoms with Crippen molar-refractivity contribution in [1.82, 2.24) is 49.0 Å². The molecule has 11 aromatic carbocycles. The highest BCUT2D eigenvalue weighted by molar-refractivity contribution is 6.23. The monoisotopic (exact) mass is 1350 g/mol. The Morgan fingerprint density at radius 3 is 1.21 bits per heavy atom. The smallest absolute Gasteiger partial charge is 0.137 e. The molecule has 0 N–H and O–H groups in total. The first-order valence-corrected chi connectivity index (χ1v) is 35.5. The van der Waals surface area contributed by atoms with E-state index in [0.717, 1.165) is 139 Å². The SMILES string of the molecule is c1ccc(-c2c3ccccc3c(-c3cc(-c4ccc(-n5c6ccccc6c6cnccc65)nc4)cc(-c4ccccn4)n3)c3ccccc23)cc1.c1cncc(-c2cc(-c3ccc(-n4c5ccccc5c5ccncc54)nc3)cc(-c3c4ccccc4c(-c4ccc5ccccc5c4)c4ccccc34)n2)c1. The van der Waals surface area contributed by atoms with Gasteiger partial charge in [-0.15, -0.1) is 0 Å². The van der Waals surface area contributed by atoms with E-state index in [1.807, 2.05) is 73.8 Å². The summed E-state index contributed by atoms with van der Waals surface area (Å²) < 4.78 is 4.40. The van der Waals surface area contributed by atoms with Gasteiger partial charge in [0.25, 0.3) is 0 Å². The zero-order chi connectivity index (χ0) is 70.0. The maximum atomic E-state index is 5.40. The van der Waals surface area contributed by atoms with Crippen LogP contribution in [0.3, 0.4) is 0 Å². The van der Waals surface area contributed by atoms with Crippen LogP contribution in [0.2, 0.25) is 0 Å². The second kappa shape index (κ2) is 25.8. The zero-order valence-electron chi connectivity index (χ0n) is 57.1. The quantitative estimate of drug-likeness (QED) is 0.124. The third kappa shape index (κ3) is 10.6. The van der Waals surface area contributed by atoms with Gasteiger partial charge in [0.1, 0.15) is 11.6 Å². The molecule has 0 saturated heterocycles. The van der Waals surface area contributed by atoms with Crippen LogP contribution < -0.4 is 0 Å². The number of hydrogen-bond acceptors (Lipinski definition) is 8. The highest BCUT2D eigenvalue weighted by atomic mass is 15.1. The minimum atomic E-state index is 0.808. The van der Waals surface area contributed by atoms with Gasteiger partial charge in [-0.25, -0.2) is 19.9 Å². The van der Waals surface area contributed by atoms with Crippen LogP contribution in [-0.4, -0.2) is 49.0 Å². The summed E-state index contributed by atoms with van der Waals surface area (Å²) in [6.45, 7) is 0. The fraction of sp³-hybridized carbons (Fsp3) is 0. The molecule has 21 rings (SSSR count). The standard InChI is InChI=1S/C50H31N5.C46H29N5/c1-2-11-33-26-34(20-19-32(33)10-1)49-40-14-3-5-16-42(40)50(43-17-6-4-15-41(43)49)45-28-37(27-44(54-45)36-12-9-24-51-29-36)35-21-22-48(53-30-35)55-46-18-8-7-13-38(46)39-23-25-52-31-47(39)55;1-2-12-30(13-3-1)45-34-15-4-6-17-36(34)46(37-18-7-5-16-35(37)45)41-27-32(26-40(50-41)39-19-10-11-24-48-39)31-21-22-44(49-28-31)51-42-20-9-8-14-33(42)38-29-47-25-23-43(38)51/h1-31H;1-29H. The van der Waals surface area contributed by atoms with E-state index in [1.165, 1.54) is 60.0 Å². The minimum Gasteiger partial charge on any atom is -0.294 e. The summed E-state index contributed by atoms with van der Waals surface area (Å²) in [7, 11) is 0. The maximum absolute atomic E-state index is 5.40. The number of aromatic nitrogens is 10. The molecule has 0 radical (unpaired) electrons. The largest absolute Gasteiger partial charge is 0.294 e.